The molecule has 2 amide bonds. The van der Waals surface area contributed by atoms with Crippen molar-refractivity contribution in [2.75, 3.05) is 17.1 Å². The van der Waals surface area contributed by atoms with Crippen LogP contribution in [0.3, 0.4) is 0 Å². The zero-order valence-electron chi connectivity index (χ0n) is 23.0. The highest BCUT2D eigenvalue weighted by molar-refractivity contribution is 7.92. The van der Waals surface area contributed by atoms with Crippen molar-refractivity contribution in [1.29, 1.82) is 0 Å². The maximum absolute atomic E-state index is 14.1. The predicted octanol–water partition coefficient (Wildman–Crippen LogP) is 4.89. The van der Waals surface area contributed by atoms with Crippen molar-refractivity contribution < 1.29 is 18.0 Å². The number of benzene rings is 3. The lowest BCUT2D eigenvalue weighted by atomic mass is 10.0. The van der Waals surface area contributed by atoms with Crippen molar-refractivity contribution in [3.8, 4) is 0 Å². The van der Waals surface area contributed by atoms with Crippen molar-refractivity contribution >= 4 is 39.1 Å². The van der Waals surface area contributed by atoms with Crippen LogP contribution in [0.2, 0.25) is 5.02 Å². The van der Waals surface area contributed by atoms with Gasteiger partial charge in [-0.05, 0) is 56.5 Å². The minimum atomic E-state index is -3.86. The number of anilines is 1. The minimum absolute atomic E-state index is 0.135. The lowest BCUT2D eigenvalue weighted by Crippen LogP contribution is -2.54. The number of hydrogen-bond acceptors (Lipinski definition) is 4. The summed E-state index contributed by atoms with van der Waals surface area (Å²) in [4.78, 5) is 29.1. The monoisotopic (exact) mass is 569 g/mol. The summed E-state index contributed by atoms with van der Waals surface area (Å²) in [6.07, 6.45) is 1.32. The second-order valence-electron chi connectivity index (χ2n) is 10.1. The van der Waals surface area contributed by atoms with Crippen LogP contribution in [0.4, 0.5) is 5.69 Å². The first kappa shape index (κ1) is 30.2. The van der Waals surface area contributed by atoms with Crippen molar-refractivity contribution in [2.24, 2.45) is 0 Å². The topological polar surface area (TPSA) is 86.8 Å². The Bertz CT molecular complexity index is 1410. The number of sulfonamides is 1. The third kappa shape index (κ3) is 8.57. The zero-order valence-corrected chi connectivity index (χ0v) is 24.6. The molecule has 0 spiro atoms. The number of rotatable bonds is 11. The van der Waals surface area contributed by atoms with Crippen molar-refractivity contribution in [1.82, 2.24) is 10.2 Å². The van der Waals surface area contributed by atoms with Crippen LogP contribution in [0.1, 0.15) is 36.1 Å². The molecule has 0 radical (unpaired) electrons. The maximum Gasteiger partial charge on any atom is 0.244 e. The molecule has 7 nitrogen and oxygen atoms in total. The van der Waals surface area contributed by atoms with Gasteiger partial charge in [-0.15, -0.1) is 0 Å². The SMILES string of the molecule is Cc1cccc(CN(C(=O)CN(c2cc(Cl)ccc2C)S(C)(=O)=O)[C@H](Cc2ccccc2)C(=O)NC(C)C)c1. The largest absolute Gasteiger partial charge is 0.352 e. The molecule has 208 valence electrons. The van der Waals surface area contributed by atoms with E-state index in [1.54, 1.807) is 19.1 Å². The van der Waals surface area contributed by atoms with Gasteiger partial charge in [0.2, 0.25) is 21.8 Å². The molecule has 3 rings (SSSR count). The molecular weight excluding hydrogens is 534 g/mol. The quantitative estimate of drug-likeness (QED) is 0.356. The first-order chi connectivity index (χ1) is 18.3. The van der Waals surface area contributed by atoms with Crippen LogP contribution in [-0.2, 0) is 32.6 Å². The van der Waals surface area contributed by atoms with E-state index < -0.39 is 28.5 Å². The molecule has 0 bridgehead atoms. The van der Waals surface area contributed by atoms with E-state index in [9.17, 15) is 18.0 Å². The van der Waals surface area contributed by atoms with Crippen LogP contribution in [0.5, 0.6) is 0 Å². The molecule has 1 N–H and O–H groups in total. The van der Waals surface area contributed by atoms with Gasteiger partial charge in [0.1, 0.15) is 12.6 Å². The number of carbonyl (C=O) groups is 2. The molecule has 0 unspecified atom stereocenters. The van der Waals surface area contributed by atoms with Gasteiger partial charge in [0.05, 0.1) is 11.9 Å². The fourth-order valence-electron chi connectivity index (χ4n) is 4.39. The standard InChI is InChI=1S/C30H36ClN3O4S/c1-21(2)32-30(36)28(17-24-11-7-6-8-12-24)33(19-25-13-9-10-22(3)16-25)29(35)20-34(39(5,37)38)27-18-26(31)15-14-23(27)4/h6-16,18,21,28H,17,19-20H2,1-5H3,(H,32,36)/t28-/m1/s1. The maximum atomic E-state index is 14.1. The van der Waals surface area contributed by atoms with Gasteiger partial charge >= 0.3 is 0 Å². The van der Waals surface area contributed by atoms with Gasteiger partial charge in [0.25, 0.3) is 0 Å². The molecule has 9 heteroatoms. The summed E-state index contributed by atoms with van der Waals surface area (Å²) in [5.74, 6) is -0.805. The van der Waals surface area contributed by atoms with Gasteiger partial charge in [-0.3, -0.25) is 13.9 Å². The van der Waals surface area contributed by atoms with E-state index in [2.05, 4.69) is 5.32 Å². The Morgan fingerprint density at radius 2 is 1.59 bits per heavy atom. The van der Waals surface area contributed by atoms with E-state index in [0.29, 0.717) is 16.3 Å². The summed E-state index contributed by atoms with van der Waals surface area (Å²) in [5.41, 5.74) is 3.71. The van der Waals surface area contributed by atoms with Gasteiger partial charge < -0.3 is 10.2 Å². The third-order valence-electron chi connectivity index (χ3n) is 6.26. The molecule has 0 saturated carbocycles. The molecule has 0 heterocycles. The molecular formula is C30H36ClN3O4S. The Morgan fingerprint density at radius 3 is 2.21 bits per heavy atom. The Hall–Kier alpha value is -3.36. The summed E-state index contributed by atoms with van der Waals surface area (Å²) in [7, 11) is -3.86. The van der Waals surface area contributed by atoms with Crippen LogP contribution < -0.4 is 9.62 Å². The lowest BCUT2D eigenvalue weighted by Gasteiger charge is -2.34. The van der Waals surface area contributed by atoms with E-state index in [1.165, 1.54) is 11.0 Å². The fourth-order valence-corrected chi connectivity index (χ4v) is 5.45. The van der Waals surface area contributed by atoms with Gasteiger partial charge in [0, 0.05) is 24.0 Å². The third-order valence-corrected chi connectivity index (χ3v) is 7.62. The smallest absolute Gasteiger partial charge is 0.244 e. The highest BCUT2D eigenvalue weighted by atomic mass is 35.5. The second kappa shape index (κ2) is 13.1. The Labute approximate surface area is 236 Å². The Kier molecular flexibility index (Phi) is 10.2. The second-order valence-corrected chi connectivity index (χ2v) is 12.4. The number of halogens is 1. The molecule has 0 aliphatic carbocycles. The number of hydrogen-bond donors (Lipinski definition) is 1. The molecule has 0 fully saturated rings. The van der Waals surface area contributed by atoms with Gasteiger partial charge in [0.15, 0.2) is 0 Å². The molecule has 1 atom stereocenters. The van der Waals surface area contributed by atoms with E-state index in [4.69, 9.17) is 11.6 Å². The van der Waals surface area contributed by atoms with E-state index in [1.807, 2.05) is 75.4 Å². The summed E-state index contributed by atoms with van der Waals surface area (Å²) in [6.45, 7) is 7.08. The highest BCUT2D eigenvalue weighted by Gasteiger charge is 2.33. The first-order valence-electron chi connectivity index (χ1n) is 12.8. The summed E-state index contributed by atoms with van der Waals surface area (Å²) >= 11 is 6.19. The van der Waals surface area contributed by atoms with E-state index in [-0.39, 0.29) is 24.9 Å². The predicted molar refractivity (Wildman–Crippen MR) is 157 cm³/mol. The normalized spacial score (nSPS) is 12.2. The number of aryl methyl sites for hydroxylation is 2. The average molecular weight is 570 g/mol. The average Bonchev–Trinajstić information content (AvgIpc) is 2.85. The minimum Gasteiger partial charge on any atom is -0.352 e. The van der Waals surface area contributed by atoms with Gasteiger partial charge in [-0.1, -0.05) is 77.8 Å². The van der Waals surface area contributed by atoms with E-state index >= 15 is 0 Å². The van der Waals surface area contributed by atoms with Crippen molar-refractivity contribution in [3.05, 3.63) is 100 Å². The van der Waals surface area contributed by atoms with Gasteiger partial charge in [-0.25, -0.2) is 8.42 Å². The summed E-state index contributed by atoms with van der Waals surface area (Å²) in [6, 6.07) is 21.0. The number of carbonyl (C=O) groups excluding carboxylic acids is 2. The summed E-state index contributed by atoms with van der Waals surface area (Å²) < 4.78 is 26.9. The highest BCUT2D eigenvalue weighted by Crippen LogP contribution is 2.27. The van der Waals surface area contributed by atoms with Crippen LogP contribution in [0.15, 0.2) is 72.8 Å². The molecule has 0 saturated heterocycles. The van der Waals surface area contributed by atoms with Crippen LogP contribution >= 0.6 is 11.6 Å². The number of nitrogens with zero attached hydrogens (tertiary/aromatic N) is 2. The lowest BCUT2D eigenvalue weighted by molar-refractivity contribution is -0.140. The molecule has 3 aromatic carbocycles. The van der Waals surface area contributed by atoms with E-state index in [0.717, 1.165) is 27.3 Å². The molecule has 0 aromatic heterocycles. The molecule has 0 aliphatic rings. The van der Waals surface area contributed by atoms with Gasteiger partial charge in [-0.2, -0.15) is 0 Å². The Balaban J connectivity index is 2.08. The first-order valence-corrected chi connectivity index (χ1v) is 15.0. The molecule has 0 aliphatic heterocycles. The summed E-state index contributed by atoms with van der Waals surface area (Å²) in [5, 5.41) is 3.30. The van der Waals surface area contributed by atoms with Crippen molar-refractivity contribution in [3.63, 3.8) is 0 Å². The fraction of sp³-hybridized carbons (Fsp3) is 0.333. The van der Waals surface area contributed by atoms with Crippen molar-refractivity contribution in [2.45, 2.75) is 52.7 Å². The van der Waals surface area contributed by atoms with Crippen LogP contribution in [-0.4, -0.2) is 50.0 Å². The number of amides is 2. The number of nitrogens with one attached hydrogen (secondary N) is 1. The van der Waals surface area contributed by atoms with Crippen LogP contribution in [0, 0.1) is 13.8 Å². The molecule has 39 heavy (non-hydrogen) atoms. The molecule has 3 aromatic rings. The van der Waals surface area contributed by atoms with Crippen LogP contribution in [0.25, 0.3) is 0 Å². The Morgan fingerprint density at radius 1 is 0.923 bits per heavy atom. The zero-order chi connectivity index (χ0) is 28.7.